The number of nitrogens with one attached hydrogen (secondary N) is 1. The molecule has 0 saturated carbocycles. The van der Waals surface area contributed by atoms with Crippen LogP contribution in [0.5, 0.6) is 5.75 Å². The van der Waals surface area contributed by atoms with Gasteiger partial charge in [-0.1, -0.05) is 11.8 Å². The minimum absolute atomic E-state index is 0.0502. The molecule has 1 aromatic heterocycles. The first-order valence-electron chi connectivity index (χ1n) is 6.88. The van der Waals surface area contributed by atoms with Crippen molar-refractivity contribution in [2.45, 2.75) is 6.92 Å². The summed E-state index contributed by atoms with van der Waals surface area (Å²) in [6, 6.07) is 9.15. The lowest BCUT2D eigenvalue weighted by atomic mass is 10.2. The monoisotopic (exact) mass is 360 g/mol. The third kappa shape index (κ3) is 3.06. The molecule has 2 aromatic rings. The first-order chi connectivity index (χ1) is 11.5. The molecule has 24 heavy (non-hydrogen) atoms. The molecule has 0 atom stereocenters. The molecule has 8 heteroatoms. The third-order valence-electron chi connectivity index (χ3n) is 3.34. The number of phenols is 1. The molecule has 122 valence electrons. The van der Waals surface area contributed by atoms with E-state index in [9.17, 15) is 14.7 Å². The van der Waals surface area contributed by atoms with E-state index in [1.165, 1.54) is 30.5 Å². The molecular weight excluding hydrogens is 348 g/mol. The summed E-state index contributed by atoms with van der Waals surface area (Å²) < 4.78 is 5.52. The van der Waals surface area contributed by atoms with Gasteiger partial charge in [0.2, 0.25) is 0 Å². The smallest absolute Gasteiger partial charge is 0.285 e. The van der Waals surface area contributed by atoms with E-state index in [2.05, 4.69) is 5.43 Å². The number of carbonyl (C=O) groups is 2. The van der Waals surface area contributed by atoms with Crippen LogP contribution in [-0.4, -0.2) is 26.3 Å². The molecule has 1 fully saturated rings. The fourth-order valence-corrected chi connectivity index (χ4v) is 3.28. The van der Waals surface area contributed by atoms with E-state index < -0.39 is 11.8 Å². The van der Waals surface area contributed by atoms with Gasteiger partial charge < -0.3 is 9.52 Å². The molecule has 2 heterocycles. The van der Waals surface area contributed by atoms with Gasteiger partial charge in [-0.25, -0.2) is 0 Å². The molecule has 1 aromatic carbocycles. The third-order valence-corrected chi connectivity index (χ3v) is 4.82. The second-order valence-electron chi connectivity index (χ2n) is 4.93. The Kier molecular flexibility index (Phi) is 4.41. The number of thiocarbonyl (C=S) groups is 1. The normalized spacial score (nSPS) is 16.5. The summed E-state index contributed by atoms with van der Waals surface area (Å²) in [5, 5.41) is 10.3. The lowest BCUT2D eigenvalue weighted by Gasteiger charge is -2.15. The van der Waals surface area contributed by atoms with Crippen LogP contribution in [0.15, 0.2) is 52.0 Å². The number of benzene rings is 1. The number of aromatic hydroxyl groups is 1. The van der Waals surface area contributed by atoms with Crippen molar-refractivity contribution in [1.29, 1.82) is 0 Å². The van der Waals surface area contributed by atoms with Gasteiger partial charge in [0.05, 0.1) is 11.2 Å². The van der Waals surface area contributed by atoms with Crippen molar-refractivity contribution < 1.29 is 19.1 Å². The topological polar surface area (TPSA) is 82.8 Å². The van der Waals surface area contributed by atoms with Crippen molar-refractivity contribution in [3.05, 3.63) is 58.9 Å². The van der Waals surface area contributed by atoms with Crippen LogP contribution in [0.3, 0.4) is 0 Å². The van der Waals surface area contributed by atoms with Crippen molar-refractivity contribution in [2.75, 3.05) is 0 Å². The molecule has 3 rings (SSSR count). The molecule has 1 saturated heterocycles. The molecule has 2 N–H and O–H groups in total. The Hall–Kier alpha value is -2.58. The van der Waals surface area contributed by atoms with Crippen molar-refractivity contribution in [3.8, 4) is 5.75 Å². The van der Waals surface area contributed by atoms with Gasteiger partial charge in [0.1, 0.15) is 11.5 Å². The van der Waals surface area contributed by atoms with Crippen LogP contribution in [0.2, 0.25) is 0 Å². The van der Waals surface area contributed by atoms with Gasteiger partial charge in [0.25, 0.3) is 11.8 Å². The summed E-state index contributed by atoms with van der Waals surface area (Å²) >= 11 is 6.28. The zero-order chi connectivity index (χ0) is 17.3. The number of amides is 2. The number of hydrazine groups is 1. The van der Waals surface area contributed by atoms with Crippen LogP contribution in [-0.2, 0) is 4.79 Å². The Balaban J connectivity index is 1.81. The van der Waals surface area contributed by atoms with Crippen LogP contribution in [0.25, 0.3) is 5.57 Å². The minimum atomic E-state index is -0.497. The van der Waals surface area contributed by atoms with Gasteiger partial charge in [-0.15, -0.1) is 0 Å². The lowest BCUT2D eigenvalue weighted by molar-refractivity contribution is -0.123. The number of thioether (sulfide) groups is 1. The largest absolute Gasteiger partial charge is 0.508 e. The standard InChI is InChI=1S/C16H12N2O4S2/c1-9(12-3-2-8-22-12)13-15(21)18(16(23)24-13)17-14(20)10-4-6-11(19)7-5-10/h2-8,19H,1H3,(H,17,20). The average Bonchev–Trinajstić information content (AvgIpc) is 3.19. The predicted molar refractivity (Wildman–Crippen MR) is 93.9 cm³/mol. The highest BCUT2D eigenvalue weighted by Gasteiger charge is 2.35. The Labute approximate surface area is 147 Å². The first-order valence-corrected chi connectivity index (χ1v) is 8.11. The lowest BCUT2D eigenvalue weighted by Crippen LogP contribution is -2.44. The average molecular weight is 360 g/mol. The molecule has 2 amide bonds. The van der Waals surface area contributed by atoms with Gasteiger partial charge in [0, 0.05) is 11.1 Å². The van der Waals surface area contributed by atoms with E-state index in [1.807, 2.05) is 0 Å². The number of rotatable bonds is 3. The highest BCUT2D eigenvalue weighted by atomic mass is 32.2. The molecule has 1 aliphatic rings. The summed E-state index contributed by atoms with van der Waals surface area (Å²) in [5.41, 5.74) is 3.43. The van der Waals surface area contributed by atoms with E-state index in [0.29, 0.717) is 21.8 Å². The SMILES string of the molecule is CC(=C1SC(=S)N(NC(=O)c2ccc(O)cc2)C1=O)c1ccco1. The van der Waals surface area contributed by atoms with Crippen molar-refractivity contribution in [1.82, 2.24) is 10.4 Å². The molecule has 0 bridgehead atoms. The number of hydrogen-bond acceptors (Lipinski definition) is 6. The number of nitrogens with zero attached hydrogens (tertiary/aromatic N) is 1. The fourth-order valence-electron chi connectivity index (χ4n) is 2.08. The van der Waals surface area contributed by atoms with Gasteiger partial charge >= 0.3 is 0 Å². The number of carbonyl (C=O) groups excluding carboxylic acids is 2. The van der Waals surface area contributed by atoms with Crippen LogP contribution in [0, 0.1) is 0 Å². The zero-order valence-electron chi connectivity index (χ0n) is 12.5. The summed E-state index contributed by atoms with van der Waals surface area (Å²) in [6.07, 6.45) is 1.52. The zero-order valence-corrected chi connectivity index (χ0v) is 14.1. The molecule has 0 aliphatic carbocycles. The van der Waals surface area contributed by atoms with Crippen LogP contribution < -0.4 is 5.43 Å². The highest BCUT2D eigenvalue weighted by Crippen LogP contribution is 2.35. The number of hydrogen-bond donors (Lipinski definition) is 2. The predicted octanol–water partition coefficient (Wildman–Crippen LogP) is 2.92. The highest BCUT2D eigenvalue weighted by molar-refractivity contribution is 8.26. The number of phenolic OH excluding ortho intramolecular Hbond substituents is 1. The fraction of sp³-hybridized carbons (Fsp3) is 0.0625. The van der Waals surface area contributed by atoms with Crippen LogP contribution >= 0.6 is 24.0 Å². The van der Waals surface area contributed by atoms with Gasteiger partial charge in [-0.3, -0.25) is 15.0 Å². The van der Waals surface area contributed by atoms with Gasteiger partial charge in [-0.2, -0.15) is 5.01 Å². The molecular formula is C16H12N2O4S2. The molecule has 0 unspecified atom stereocenters. The summed E-state index contributed by atoms with van der Waals surface area (Å²) in [7, 11) is 0. The van der Waals surface area contributed by atoms with Crippen LogP contribution in [0.4, 0.5) is 0 Å². The number of furan rings is 1. The Bertz CT molecular complexity index is 841. The van der Waals surface area contributed by atoms with Crippen molar-refractivity contribution in [3.63, 3.8) is 0 Å². The molecule has 6 nitrogen and oxygen atoms in total. The summed E-state index contributed by atoms with van der Waals surface area (Å²) in [4.78, 5) is 25.2. The first kappa shape index (κ1) is 16.3. The summed E-state index contributed by atoms with van der Waals surface area (Å²) in [5.74, 6) is -0.288. The Morgan fingerprint density at radius 2 is 2.00 bits per heavy atom. The van der Waals surface area contributed by atoms with Crippen LogP contribution in [0.1, 0.15) is 23.0 Å². The van der Waals surface area contributed by atoms with E-state index in [1.54, 1.807) is 19.1 Å². The van der Waals surface area contributed by atoms with Crippen molar-refractivity contribution >= 4 is 45.7 Å². The maximum Gasteiger partial charge on any atom is 0.285 e. The second kappa shape index (κ2) is 6.50. The van der Waals surface area contributed by atoms with E-state index in [0.717, 1.165) is 16.8 Å². The maximum absolute atomic E-state index is 12.5. The maximum atomic E-state index is 12.5. The van der Waals surface area contributed by atoms with Gasteiger partial charge in [-0.05, 0) is 55.5 Å². The van der Waals surface area contributed by atoms with E-state index in [-0.39, 0.29) is 10.1 Å². The molecule has 0 spiro atoms. The Morgan fingerprint density at radius 3 is 2.62 bits per heavy atom. The van der Waals surface area contributed by atoms with Crippen molar-refractivity contribution in [2.24, 2.45) is 0 Å². The van der Waals surface area contributed by atoms with E-state index in [4.69, 9.17) is 16.6 Å². The van der Waals surface area contributed by atoms with E-state index >= 15 is 0 Å². The molecule has 1 aliphatic heterocycles. The number of allylic oxidation sites excluding steroid dienone is 1. The van der Waals surface area contributed by atoms with Gasteiger partial charge in [0.15, 0.2) is 4.32 Å². The minimum Gasteiger partial charge on any atom is -0.508 e. The summed E-state index contributed by atoms with van der Waals surface area (Å²) in [6.45, 7) is 1.76. The second-order valence-corrected chi connectivity index (χ2v) is 6.57. The quantitative estimate of drug-likeness (QED) is 0.647. The molecule has 0 radical (unpaired) electrons. The Morgan fingerprint density at radius 1 is 1.29 bits per heavy atom.